The molecule has 9 heteroatoms. The number of hydrogen-bond donors (Lipinski definition) is 1. The van der Waals surface area contributed by atoms with Gasteiger partial charge in [-0.2, -0.15) is 0 Å². The first kappa shape index (κ1) is 20.6. The Balaban J connectivity index is 2.07. The first-order chi connectivity index (χ1) is 12.1. The highest BCUT2D eigenvalue weighted by atomic mass is 32.2. The molecule has 0 unspecified atom stereocenters. The normalized spacial score (nSPS) is 13.1. The van der Waals surface area contributed by atoms with Crippen molar-refractivity contribution in [2.24, 2.45) is 0 Å². The summed E-state index contributed by atoms with van der Waals surface area (Å²) in [6.45, 7) is 7.16. The van der Waals surface area contributed by atoms with Crippen LogP contribution >= 0.6 is 11.3 Å². The summed E-state index contributed by atoms with van der Waals surface area (Å²) in [5.41, 5.74) is 0.752. The van der Waals surface area contributed by atoms with E-state index in [1.54, 1.807) is 20.9 Å². The molecule has 0 fully saturated rings. The van der Waals surface area contributed by atoms with Crippen LogP contribution in [0.5, 0.6) is 0 Å². The number of carbonyl (C=O) groups excluding carboxylic acids is 1. The molecular weight excluding hydrogens is 374 g/mol. The third kappa shape index (κ3) is 4.50. The highest BCUT2D eigenvalue weighted by molar-refractivity contribution is 7.91. The van der Waals surface area contributed by atoms with Crippen LogP contribution in [0.3, 0.4) is 0 Å². The summed E-state index contributed by atoms with van der Waals surface area (Å²) in [5, 5.41) is 0.609. The molecule has 0 radical (unpaired) electrons. The number of H-pyrrole nitrogens is 1. The second kappa shape index (κ2) is 7.87. The zero-order valence-electron chi connectivity index (χ0n) is 15.7. The van der Waals surface area contributed by atoms with Gasteiger partial charge in [0.15, 0.2) is 9.84 Å². The maximum atomic E-state index is 12.4. The van der Waals surface area contributed by atoms with E-state index >= 15 is 0 Å². The van der Waals surface area contributed by atoms with Crippen LogP contribution in [0, 0.1) is 13.8 Å². The minimum Gasteiger partial charge on any atom is -0.342 e. The summed E-state index contributed by atoms with van der Waals surface area (Å²) in [6, 6.07) is -0.399. The van der Waals surface area contributed by atoms with Crippen molar-refractivity contribution in [3.63, 3.8) is 0 Å². The zero-order valence-corrected chi connectivity index (χ0v) is 17.4. The SMILES string of the molecule is CCS(=O)(=O)C[C@H](C)N(C)C(=O)CCc1nc2sc(C)c(C)c2c(=O)[nH]1. The largest absolute Gasteiger partial charge is 0.342 e. The van der Waals surface area contributed by atoms with Gasteiger partial charge in [-0.15, -0.1) is 11.3 Å². The van der Waals surface area contributed by atoms with Gasteiger partial charge in [-0.25, -0.2) is 13.4 Å². The van der Waals surface area contributed by atoms with Gasteiger partial charge in [-0.3, -0.25) is 9.59 Å². The van der Waals surface area contributed by atoms with Crippen molar-refractivity contribution in [3.8, 4) is 0 Å². The number of carbonyl (C=O) groups is 1. The molecule has 2 heterocycles. The van der Waals surface area contributed by atoms with Crippen molar-refractivity contribution in [1.82, 2.24) is 14.9 Å². The smallest absolute Gasteiger partial charge is 0.259 e. The van der Waals surface area contributed by atoms with Crippen LogP contribution < -0.4 is 5.56 Å². The van der Waals surface area contributed by atoms with Gasteiger partial charge in [0.25, 0.3) is 5.56 Å². The van der Waals surface area contributed by atoms with Crippen LogP contribution in [-0.2, 0) is 21.1 Å². The lowest BCUT2D eigenvalue weighted by Crippen LogP contribution is -2.40. The molecule has 2 aromatic heterocycles. The average molecular weight is 400 g/mol. The quantitative estimate of drug-likeness (QED) is 0.765. The Hall–Kier alpha value is -1.74. The molecular formula is C17H25N3O4S2. The van der Waals surface area contributed by atoms with Crippen molar-refractivity contribution in [2.45, 2.75) is 46.6 Å². The van der Waals surface area contributed by atoms with Gasteiger partial charge < -0.3 is 9.88 Å². The Morgan fingerprint density at radius 1 is 1.35 bits per heavy atom. The minimum absolute atomic E-state index is 0.0550. The lowest BCUT2D eigenvalue weighted by Gasteiger charge is -2.24. The summed E-state index contributed by atoms with van der Waals surface area (Å²) in [4.78, 5) is 35.0. The van der Waals surface area contributed by atoms with E-state index in [9.17, 15) is 18.0 Å². The zero-order chi connectivity index (χ0) is 19.6. The van der Waals surface area contributed by atoms with Crippen LogP contribution in [0.25, 0.3) is 10.2 Å². The number of rotatable bonds is 7. The fourth-order valence-electron chi connectivity index (χ4n) is 2.66. The van der Waals surface area contributed by atoms with E-state index in [1.165, 1.54) is 16.2 Å². The lowest BCUT2D eigenvalue weighted by molar-refractivity contribution is -0.131. The Morgan fingerprint density at radius 2 is 2.00 bits per heavy atom. The fourth-order valence-corrected chi connectivity index (χ4v) is 4.91. The second-order valence-electron chi connectivity index (χ2n) is 6.53. The topological polar surface area (TPSA) is 100 Å². The van der Waals surface area contributed by atoms with Crippen LogP contribution in [0.1, 0.15) is 36.5 Å². The van der Waals surface area contributed by atoms with Crippen molar-refractivity contribution < 1.29 is 13.2 Å². The monoisotopic (exact) mass is 399 g/mol. The minimum atomic E-state index is -3.15. The van der Waals surface area contributed by atoms with Crippen LogP contribution in [-0.4, -0.2) is 53.8 Å². The molecule has 7 nitrogen and oxygen atoms in total. The average Bonchev–Trinajstić information content (AvgIpc) is 2.86. The number of aromatic amines is 1. The highest BCUT2D eigenvalue weighted by Crippen LogP contribution is 2.25. The number of thiophene rings is 1. The lowest BCUT2D eigenvalue weighted by atomic mass is 10.2. The first-order valence-electron chi connectivity index (χ1n) is 8.50. The van der Waals surface area contributed by atoms with E-state index in [0.717, 1.165) is 10.4 Å². The standard InChI is InChI=1S/C17H25N3O4S2/c1-6-26(23,24)9-10(2)20(5)14(21)8-7-13-18-16(22)15-11(3)12(4)25-17(15)19-13/h10H,6-9H2,1-5H3,(H,18,19,22)/t10-/m0/s1. The number of sulfone groups is 1. The van der Waals surface area contributed by atoms with Crippen LogP contribution in [0.2, 0.25) is 0 Å². The Bertz CT molecular complexity index is 976. The molecule has 26 heavy (non-hydrogen) atoms. The van der Waals surface area contributed by atoms with Gasteiger partial charge in [-0.1, -0.05) is 6.92 Å². The molecule has 1 amide bonds. The van der Waals surface area contributed by atoms with Gasteiger partial charge in [-0.05, 0) is 26.3 Å². The van der Waals surface area contributed by atoms with E-state index in [0.29, 0.717) is 22.5 Å². The Morgan fingerprint density at radius 3 is 2.62 bits per heavy atom. The van der Waals surface area contributed by atoms with Crippen molar-refractivity contribution in [2.75, 3.05) is 18.6 Å². The van der Waals surface area contributed by atoms with Gasteiger partial charge in [0.2, 0.25) is 5.91 Å². The molecule has 1 atom stereocenters. The van der Waals surface area contributed by atoms with Gasteiger partial charge in [0.1, 0.15) is 10.7 Å². The number of nitrogens with one attached hydrogen (secondary N) is 1. The van der Waals surface area contributed by atoms with E-state index in [-0.39, 0.29) is 29.4 Å². The number of aromatic nitrogens is 2. The predicted octanol–water partition coefficient (Wildman–Crippen LogP) is 1.82. The molecule has 2 aromatic rings. The van der Waals surface area contributed by atoms with Gasteiger partial charge >= 0.3 is 0 Å². The second-order valence-corrected chi connectivity index (χ2v) is 10.1. The molecule has 0 saturated carbocycles. The summed E-state index contributed by atoms with van der Waals surface area (Å²) in [5.74, 6) is 0.300. The van der Waals surface area contributed by atoms with E-state index < -0.39 is 15.9 Å². The van der Waals surface area contributed by atoms with Crippen LogP contribution in [0.4, 0.5) is 0 Å². The molecule has 0 aliphatic rings. The van der Waals surface area contributed by atoms with E-state index in [1.807, 2.05) is 13.8 Å². The summed E-state index contributed by atoms with van der Waals surface area (Å²) < 4.78 is 23.4. The van der Waals surface area contributed by atoms with E-state index in [4.69, 9.17) is 0 Å². The molecule has 0 aliphatic carbocycles. The highest BCUT2D eigenvalue weighted by Gasteiger charge is 2.21. The molecule has 2 rings (SSSR count). The molecule has 0 spiro atoms. The molecule has 0 aromatic carbocycles. The Kier molecular flexibility index (Phi) is 6.23. The first-order valence-corrected chi connectivity index (χ1v) is 11.1. The third-order valence-electron chi connectivity index (χ3n) is 4.65. The maximum Gasteiger partial charge on any atom is 0.259 e. The summed E-state index contributed by atoms with van der Waals surface area (Å²) in [6.07, 6.45) is 0.461. The van der Waals surface area contributed by atoms with Gasteiger partial charge in [0, 0.05) is 36.6 Å². The Labute approximate surface area is 157 Å². The predicted molar refractivity (Wildman–Crippen MR) is 105 cm³/mol. The number of amides is 1. The summed E-state index contributed by atoms with van der Waals surface area (Å²) >= 11 is 1.47. The van der Waals surface area contributed by atoms with Crippen molar-refractivity contribution in [1.29, 1.82) is 0 Å². The fraction of sp³-hybridized carbons (Fsp3) is 0.588. The number of nitrogens with zero attached hydrogens (tertiary/aromatic N) is 2. The van der Waals surface area contributed by atoms with Crippen LogP contribution in [0.15, 0.2) is 4.79 Å². The van der Waals surface area contributed by atoms with Crippen molar-refractivity contribution in [3.05, 3.63) is 26.6 Å². The molecule has 0 saturated heterocycles. The number of fused-ring (bicyclic) bond motifs is 1. The molecule has 0 bridgehead atoms. The molecule has 0 aliphatic heterocycles. The number of aryl methyl sites for hydroxylation is 3. The maximum absolute atomic E-state index is 12.4. The van der Waals surface area contributed by atoms with Gasteiger partial charge in [0.05, 0.1) is 11.1 Å². The number of hydrogen-bond acceptors (Lipinski definition) is 6. The molecule has 1 N–H and O–H groups in total. The van der Waals surface area contributed by atoms with Crippen molar-refractivity contribution >= 4 is 37.3 Å². The third-order valence-corrected chi connectivity index (χ3v) is 7.62. The van der Waals surface area contributed by atoms with E-state index in [2.05, 4.69) is 9.97 Å². The molecule has 144 valence electrons. The summed E-state index contributed by atoms with van der Waals surface area (Å²) in [7, 11) is -1.55.